The van der Waals surface area contributed by atoms with Crippen LogP contribution in [0.25, 0.3) is 0 Å². The molecule has 1 aromatic rings. The van der Waals surface area contributed by atoms with Crippen molar-refractivity contribution in [1.82, 2.24) is 0 Å². The smallest absolute Gasteiger partial charge is 0.323 e. The highest BCUT2D eigenvalue weighted by Crippen LogP contribution is 2.15. The summed E-state index contributed by atoms with van der Waals surface area (Å²) in [5.74, 6) is -1.48. The van der Waals surface area contributed by atoms with Crippen LogP contribution in [0.1, 0.15) is 12.5 Å². The van der Waals surface area contributed by atoms with Crippen LogP contribution >= 0.6 is 0 Å². The van der Waals surface area contributed by atoms with E-state index in [1.807, 2.05) is 19.1 Å². The maximum Gasteiger partial charge on any atom is 0.323 e. The Bertz CT molecular complexity index is 412. The summed E-state index contributed by atoms with van der Waals surface area (Å²) in [6, 6.07) is 6.32. The van der Waals surface area contributed by atoms with Crippen LogP contribution in [0.15, 0.2) is 24.3 Å². The minimum atomic E-state index is -1.07. The number of carboxylic acid groups (broad SMARTS) is 1. The molecular weight excluding hydrogens is 220 g/mol. The lowest BCUT2D eigenvalue weighted by Crippen LogP contribution is -2.44. The highest BCUT2D eigenvalue weighted by Gasteiger charge is 2.21. The van der Waals surface area contributed by atoms with Gasteiger partial charge in [-0.2, -0.15) is 0 Å². The number of aryl methyl sites for hydroxylation is 1. The first-order valence-electron chi connectivity index (χ1n) is 5.27. The maximum atomic E-state index is 11.8. The zero-order valence-electron chi connectivity index (χ0n) is 9.88. The lowest BCUT2D eigenvalue weighted by Gasteiger charge is -2.22. The van der Waals surface area contributed by atoms with Crippen LogP contribution in [-0.2, 0) is 9.59 Å². The Labute approximate surface area is 99.8 Å². The predicted octanol–water partition coefficient (Wildman–Crippen LogP) is 0.760. The van der Waals surface area contributed by atoms with E-state index < -0.39 is 17.9 Å². The Morgan fingerprint density at radius 2 is 1.88 bits per heavy atom. The molecule has 92 valence electrons. The van der Waals surface area contributed by atoms with Gasteiger partial charge in [-0.1, -0.05) is 17.7 Å². The number of nitrogens with zero attached hydrogens (tertiary/aromatic N) is 1. The van der Waals surface area contributed by atoms with Gasteiger partial charge < -0.3 is 10.8 Å². The molecule has 0 radical (unpaired) electrons. The molecule has 0 spiro atoms. The minimum Gasteiger partial charge on any atom is -0.480 e. The fourth-order valence-electron chi connectivity index (χ4n) is 1.40. The standard InChI is InChI=1S/C12H16N2O3/c1-8-3-5-10(6-4-8)14(7-11(15)16)12(17)9(2)13/h3-6,9H,7,13H2,1-2H3,(H,15,16)/t9-/m1/s1. The number of carbonyl (C=O) groups excluding carboxylic acids is 1. The van der Waals surface area contributed by atoms with E-state index >= 15 is 0 Å². The van der Waals surface area contributed by atoms with Crippen molar-refractivity contribution in [1.29, 1.82) is 0 Å². The van der Waals surface area contributed by atoms with Crippen molar-refractivity contribution in [2.45, 2.75) is 19.9 Å². The molecule has 0 saturated carbocycles. The van der Waals surface area contributed by atoms with Crippen LogP contribution in [0.4, 0.5) is 5.69 Å². The van der Waals surface area contributed by atoms with Crippen LogP contribution in [0, 0.1) is 6.92 Å². The summed E-state index contributed by atoms with van der Waals surface area (Å²) < 4.78 is 0. The fraction of sp³-hybridized carbons (Fsp3) is 0.333. The van der Waals surface area contributed by atoms with E-state index in [1.165, 1.54) is 11.8 Å². The van der Waals surface area contributed by atoms with Gasteiger partial charge >= 0.3 is 5.97 Å². The first-order valence-corrected chi connectivity index (χ1v) is 5.27. The van der Waals surface area contributed by atoms with E-state index in [-0.39, 0.29) is 6.54 Å². The van der Waals surface area contributed by atoms with Crippen molar-refractivity contribution in [2.24, 2.45) is 5.73 Å². The third-order valence-corrected chi connectivity index (χ3v) is 2.29. The second kappa shape index (κ2) is 5.45. The van der Waals surface area contributed by atoms with Gasteiger partial charge in [0.05, 0.1) is 6.04 Å². The zero-order chi connectivity index (χ0) is 13.0. The summed E-state index contributed by atoms with van der Waals surface area (Å²) >= 11 is 0. The Kier molecular flexibility index (Phi) is 4.23. The Morgan fingerprint density at radius 1 is 1.35 bits per heavy atom. The number of rotatable bonds is 4. The van der Waals surface area contributed by atoms with Gasteiger partial charge in [0.1, 0.15) is 6.54 Å². The molecule has 17 heavy (non-hydrogen) atoms. The highest BCUT2D eigenvalue weighted by molar-refractivity contribution is 6.00. The van der Waals surface area contributed by atoms with Crippen LogP contribution in [-0.4, -0.2) is 29.6 Å². The first kappa shape index (κ1) is 13.2. The van der Waals surface area contributed by atoms with Gasteiger partial charge in [-0.15, -0.1) is 0 Å². The summed E-state index contributed by atoms with van der Waals surface area (Å²) in [7, 11) is 0. The summed E-state index contributed by atoms with van der Waals surface area (Å²) in [6.07, 6.45) is 0. The third-order valence-electron chi connectivity index (χ3n) is 2.29. The summed E-state index contributed by atoms with van der Waals surface area (Å²) in [5, 5.41) is 8.80. The fourth-order valence-corrected chi connectivity index (χ4v) is 1.40. The molecule has 5 heteroatoms. The van der Waals surface area contributed by atoms with Crippen LogP contribution in [0.3, 0.4) is 0 Å². The van der Waals surface area contributed by atoms with Gasteiger partial charge in [-0.3, -0.25) is 14.5 Å². The number of benzene rings is 1. The van der Waals surface area contributed by atoms with Crippen molar-refractivity contribution < 1.29 is 14.7 Å². The number of anilines is 1. The molecular formula is C12H16N2O3. The van der Waals surface area contributed by atoms with Gasteiger partial charge in [0.25, 0.3) is 0 Å². The van der Waals surface area contributed by atoms with Gasteiger partial charge in [-0.25, -0.2) is 0 Å². The average molecular weight is 236 g/mol. The molecule has 0 aromatic heterocycles. The summed E-state index contributed by atoms with van der Waals surface area (Å²) in [6.45, 7) is 3.06. The van der Waals surface area contributed by atoms with Gasteiger partial charge in [0.2, 0.25) is 5.91 Å². The monoisotopic (exact) mass is 236 g/mol. The number of nitrogens with two attached hydrogens (primary N) is 1. The summed E-state index contributed by atoms with van der Waals surface area (Å²) in [5.41, 5.74) is 7.08. The van der Waals surface area contributed by atoms with Gasteiger partial charge in [0, 0.05) is 5.69 Å². The second-order valence-electron chi connectivity index (χ2n) is 3.94. The van der Waals surface area contributed by atoms with E-state index in [0.29, 0.717) is 5.69 Å². The topological polar surface area (TPSA) is 83.6 Å². The number of aliphatic carboxylic acids is 1. The first-order chi connectivity index (χ1) is 7.91. The van der Waals surface area contributed by atoms with Crippen molar-refractivity contribution in [3.8, 4) is 0 Å². The maximum absolute atomic E-state index is 11.8. The molecule has 0 bridgehead atoms. The van der Waals surface area contributed by atoms with E-state index in [9.17, 15) is 9.59 Å². The largest absolute Gasteiger partial charge is 0.480 e. The lowest BCUT2D eigenvalue weighted by atomic mass is 10.2. The highest BCUT2D eigenvalue weighted by atomic mass is 16.4. The average Bonchev–Trinajstić information content (AvgIpc) is 2.26. The van der Waals surface area contributed by atoms with Crippen molar-refractivity contribution in [3.05, 3.63) is 29.8 Å². The zero-order valence-corrected chi connectivity index (χ0v) is 9.88. The number of amides is 1. The summed E-state index contributed by atoms with van der Waals surface area (Å²) in [4.78, 5) is 23.7. The SMILES string of the molecule is Cc1ccc(N(CC(=O)O)C(=O)[C@@H](C)N)cc1. The third kappa shape index (κ3) is 3.57. The van der Waals surface area contributed by atoms with Crippen molar-refractivity contribution >= 4 is 17.6 Å². The van der Waals surface area contributed by atoms with Gasteiger partial charge in [0.15, 0.2) is 0 Å². The molecule has 3 N–H and O–H groups in total. The van der Waals surface area contributed by atoms with Crippen molar-refractivity contribution in [3.63, 3.8) is 0 Å². The van der Waals surface area contributed by atoms with Crippen LogP contribution < -0.4 is 10.6 Å². The lowest BCUT2D eigenvalue weighted by molar-refractivity contribution is -0.136. The molecule has 0 saturated heterocycles. The molecule has 0 aliphatic carbocycles. The normalized spacial score (nSPS) is 11.9. The minimum absolute atomic E-state index is 0.385. The van der Waals surface area contributed by atoms with E-state index in [4.69, 9.17) is 10.8 Å². The Balaban J connectivity index is 3.01. The number of hydrogen-bond donors (Lipinski definition) is 2. The van der Waals surface area contributed by atoms with E-state index in [1.54, 1.807) is 12.1 Å². The number of hydrogen-bond acceptors (Lipinski definition) is 3. The molecule has 0 heterocycles. The van der Waals surface area contributed by atoms with Crippen molar-refractivity contribution in [2.75, 3.05) is 11.4 Å². The molecule has 0 fully saturated rings. The Hall–Kier alpha value is -1.88. The molecule has 1 rings (SSSR count). The second-order valence-corrected chi connectivity index (χ2v) is 3.94. The predicted molar refractivity (Wildman–Crippen MR) is 64.8 cm³/mol. The molecule has 1 aromatic carbocycles. The quantitative estimate of drug-likeness (QED) is 0.808. The molecule has 1 amide bonds. The van der Waals surface area contributed by atoms with Gasteiger partial charge in [-0.05, 0) is 26.0 Å². The van der Waals surface area contributed by atoms with Crippen LogP contribution in [0.2, 0.25) is 0 Å². The van der Waals surface area contributed by atoms with E-state index in [0.717, 1.165) is 5.56 Å². The molecule has 1 atom stereocenters. The molecule has 0 unspecified atom stereocenters. The molecule has 5 nitrogen and oxygen atoms in total. The van der Waals surface area contributed by atoms with Crippen LogP contribution in [0.5, 0.6) is 0 Å². The Morgan fingerprint density at radius 3 is 2.29 bits per heavy atom. The number of carboxylic acids is 1. The van der Waals surface area contributed by atoms with E-state index in [2.05, 4.69) is 0 Å². The number of carbonyl (C=O) groups is 2. The molecule has 0 aliphatic heterocycles. The molecule has 0 aliphatic rings.